The second kappa shape index (κ2) is 6.02. The summed E-state index contributed by atoms with van der Waals surface area (Å²) in [6.07, 6.45) is 6.31. The molecule has 5 nitrogen and oxygen atoms in total. The highest BCUT2D eigenvalue weighted by Gasteiger charge is 2.43. The van der Waals surface area contributed by atoms with Gasteiger partial charge in [0.25, 0.3) is 0 Å². The third-order valence-electron chi connectivity index (χ3n) is 4.87. The van der Waals surface area contributed by atoms with Crippen molar-refractivity contribution < 1.29 is 14.7 Å². The van der Waals surface area contributed by atoms with Gasteiger partial charge in [-0.25, -0.2) is 9.59 Å². The fourth-order valence-corrected chi connectivity index (χ4v) is 3.04. The molecule has 0 spiro atoms. The molecule has 0 aromatic rings. The molecule has 0 aliphatic heterocycles. The molecule has 20 heavy (non-hydrogen) atoms. The first kappa shape index (κ1) is 15.1. The number of nitrogens with zero attached hydrogens (tertiary/aromatic N) is 1. The minimum absolute atomic E-state index is 0.241. The van der Waals surface area contributed by atoms with Crippen LogP contribution < -0.4 is 5.32 Å². The Hall–Kier alpha value is -1.26. The monoisotopic (exact) mass is 282 g/mol. The summed E-state index contributed by atoms with van der Waals surface area (Å²) in [5.41, 5.74) is -1.05. The van der Waals surface area contributed by atoms with Crippen LogP contribution in [0.5, 0.6) is 0 Å². The van der Waals surface area contributed by atoms with E-state index in [1.165, 1.54) is 12.8 Å². The average Bonchev–Trinajstić information content (AvgIpc) is 3.23. The van der Waals surface area contributed by atoms with Crippen molar-refractivity contribution in [3.8, 4) is 0 Å². The predicted molar refractivity (Wildman–Crippen MR) is 76.5 cm³/mol. The van der Waals surface area contributed by atoms with Crippen molar-refractivity contribution in [1.82, 2.24) is 10.2 Å². The van der Waals surface area contributed by atoms with Gasteiger partial charge in [-0.3, -0.25) is 0 Å². The Kier molecular flexibility index (Phi) is 4.55. The summed E-state index contributed by atoms with van der Waals surface area (Å²) < 4.78 is 0. The summed E-state index contributed by atoms with van der Waals surface area (Å²) in [6, 6.07) is -0.241. The number of amides is 2. The number of carboxylic acid groups (broad SMARTS) is 1. The van der Waals surface area contributed by atoms with E-state index in [1.54, 1.807) is 11.9 Å². The molecule has 2 amide bonds. The van der Waals surface area contributed by atoms with E-state index in [4.69, 9.17) is 0 Å². The molecule has 0 saturated heterocycles. The van der Waals surface area contributed by atoms with Gasteiger partial charge in [0.1, 0.15) is 5.54 Å². The number of nitrogens with one attached hydrogen (secondary N) is 1. The third kappa shape index (κ3) is 3.44. The lowest BCUT2D eigenvalue weighted by Gasteiger charge is -2.38. The summed E-state index contributed by atoms with van der Waals surface area (Å²) in [4.78, 5) is 25.5. The number of carboxylic acids is 1. The standard InChI is InChI=1S/C15H26N2O3/c1-3-11-6-8-15(9-7-11,13(18)19)16-14(20)17(2)10-12-4-5-12/h11-12H,3-10H2,1-2H3,(H,16,20)(H,18,19). The molecule has 2 rings (SSSR count). The highest BCUT2D eigenvalue weighted by atomic mass is 16.4. The van der Waals surface area contributed by atoms with Crippen LogP contribution in [0.25, 0.3) is 0 Å². The molecule has 2 saturated carbocycles. The van der Waals surface area contributed by atoms with Crippen molar-refractivity contribution >= 4 is 12.0 Å². The minimum Gasteiger partial charge on any atom is -0.480 e. The van der Waals surface area contributed by atoms with Gasteiger partial charge in [-0.05, 0) is 50.4 Å². The highest BCUT2D eigenvalue weighted by molar-refractivity contribution is 5.86. The Morgan fingerprint density at radius 3 is 2.25 bits per heavy atom. The molecule has 2 fully saturated rings. The topological polar surface area (TPSA) is 69.6 Å². The Morgan fingerprint density at radius 2 is 1.80 bits per heavy atom. The van der Waals surface area contributed by atoms with Crippen LogP contribution in [0.15, 0.2) is 0 Å². The number of carbonyl (C=O) groups is 2. The Bertz CT molecular complexity index is 371. The second-order valence-electron chi connectivity index (χ2n) is 6.49. The van der Waals surface area contributed by atoms with E-state index in [1.807, 2.05) is 0 Å². The van der Waals surface area contributed by atoms with Crippen LogP contribution in [0.2, 0.25) is 0 Å². The summed E-state index contributed by atoms with van der Waals surface area (Å²) in [5, 5.41) is 12.3. The van der Waals surface area contributed by atoms with Crippen LogP contribution in [-0.4, -0.2) is 41.1 Å². The molecule has 5 heteroatoms. The van der Waals surface area contributed by atoms with Gasteiger partial charge in [-0.1, -0.05) is 13.3 Å². The molecule has 2 aliphatic rings. The van der Waals surface area contributed by atoms with Crippen LogP contribution in [-0.2, 0) is 4.79 Å². The van der Waals surface area contributed by atoms with Crippen LogP contribution >= 0.6 is 0 Å². The maximum absolute atomic E-state index is 12.2. The molecule has 0 aromatic heterocycles. The van der Waals surface area contributed by atoms with Crippen LogP contribution in [0.4, 0.5) is 4.79 Å². The number of hydrogen-bond acceptors (Lipinski definition) is 2. The quantitative estimate of drug-likeness (QED) is 0.813. The molecule has 0 heterocycles. The van der Waals surface area contributed by atoms with Crippen molar-refractivity contribution in [1.29, 1.82) is 0 Å². The minimum atomic E-state index is -1.05. The van der Waals surface area contributed by atoms with Gasteiger partial charge in [-0.15, -0.1) is 0 Å². The van der Waals surface area contributed by atoms with E-state index in [-0.39, 0.29) is 6.03 Å². The average molecular weight is 282 g/mol. The zero-order chi connectivity index (χ0) is 14.8. The fourth-order valence-electron chi connectivity index (χ4n) is 3.04. The van der Waals surface area contributed by atoms with Crippen LogP contribution in [0, 0.1) is 11.8 Å². The van der Waals surface area contributed by atoms with Gasteiger partial charge in [0.05, 0.1) is 0 Å². The fraction of sp³-hybridized carbons (Fsp3) is 0.867. The summed E-state index contributed by atoms with van der Waals surface area (Å²) in [7, 11) is 1.75. The summed E-state index contributed by atoms with van der Waals surface area (Å²) >= 11 is 0. The first-order valence-corrected chi connectivity index (χ1v) is 7.73. The number of urea groups is 1. The first-order chi connectivity index (χ1) is 9.47. The highest BCUT2D eigenvalue weighted by Crippen LogP contribution is 2.34. The van der Waals surface area contributed by atoms with E-state index in [0.717, 1.165) is 25.8 Å². The van der Waals surface area contributed by atoms with Crippen molar-refractivity contribution in [2.45, 2.75) is 57.4 Å². The van der Waals surface area contributed by atoms with Crippen molar-refractivity contribution in [2.75, 3.05) is 13.6 Å². The number of carbonyl (C=O) groups excluding carboxylic acids is 1. The summed E-state index contributed by atoms with van der Waals surface area (Å²) in [6.45, 7) is 2.87. The molecule has 0 atom stereocenters. The van der Waals surface area contributed by atoms with Gasteiger partial charge in [-0.2, -0.15) is 0 Å². The Balaban J connectivity index is 1.94. The van der Waals surface area contributed by atoms with Gasteiger partial charge < -0.3 is 15.3 Å². The first-order valence-electron chi connectivity index (χ1n) is 7.73. The maximum atomic E-state index is 12.2. The molecular weight excluding hydrogens is 256 g/mol. The van der Waals surface area contributed by atoms with Gasteiger partial charge >= 0.3 is 12.0 Å². The van der Waals surface area contributed by atoms with Crippen LogP contribution in [0.1, 0.15) is 51.9 Å². The zero-order valence-corrected chi connectivity index (χ0v) is 12.5. The maximum Gasteiger partial charge on any atom is 0.329 e. The normalized spacial score (nSPS) is 29.8. The van der Waals surface area contributed by atoms with Gasteiger partial charge in [0.15, 0.2) is 0 Å². The lowest BCUT2D eigenvalue weighted by molar-refractivity contribution is -0.146. The van der Waals surface area contributed by atoms with Crippen molar-refractivity contribution in [3.63, 3.8) is 0 Å². The van der Waals surface area contributed by atoms with E-state index >= 15 is 0 Å². The SMILES string of the molecule is CCC1CCC(NC(=O)N(C)CC2CC2)(C(=O)O)CC1. The molecule has 2 N–H and O–H groups in total. The molecular formula is C15H26N2O3. The second-order valence-corrected chi connectivity index (χ2v) is 6.49. The Morgan fingerprint density at radius 1 is 1.20 bits per heavy atom. The van der Waals surface area contributed by atoms with Crippen molar-refractivity contribution in [3.05, 3.63) is 0 Å². The van der Waals surface area contributed by atoms with Gasteiger partial charge in [0.2, 0.25) is 0 Å². The van der Waals surface area contributed by atoms with E-state index in [0.29, 0.717) is 24.7 Å². The van der Waals surface area contributed by atoms with E-state index in [9.17, 15) is 14.7 Å². The zero-order valence-electron chi connectivity index (χ0n) is 12.5. The number of rotatable bonds is 5. The molecule has 2 aliphatic carbocycles. The molecule has 0 radical (unpaired) electrons. The number of hydrogen-bond donors (Lipinski definition) is 2. The lowest BCUT2D eigenvalue weighted by Crippen LogP contribution is -2.59. The van der Waals surface area contributed by atoms with Gasteiger partial charge in [0, 0.05) is 13.6 Å². The number of aliphatic carboxylic acids is 1. The largest absolute Gasteiger partial charge is 0.480 e. The van der Waals surface area contributed by atoms with Crippen molar-refractivity contribution in [2.24, 2.45) is 11.8 Å². The van der Waals surface area contributed by atoms with E-state index < -0.39 is 11.5 Å². The summed E-state index contributed by atoms with van der Waals surface area (Å²) in [5.74, 6) is 0.325. The third-order valence-corrected chi connectivity index (χ3v) is 4.87. The predicted octanol–water partition coefficient (Wildman–Crippen LogP) is 2.46. The smallest absolute Gasteiger partial charge is 0.329 e. The van der Waals surface area contributed by atoms with Crippen LogP contribution in [0.3, 0.4) is 0 Å². The Labute approximate surface area is 120 Å². The lowest BCUT2D eigenvalue weighted by atomic mass is 9.75. The molecule has 0 unspecified atom stereocenters. The molecule has 0 bridgehead atoms. The molecule has 114 valence electrons. The van der Waals surface area contributed by atoms with E-state index in [2.05, 4.69) is 12.2 Å². The molecule has 0 aromatic carbocycles.